The van der Waals surface area contributed by atoms with Gasteiger partial charge in [-0.2, -0.15) is 10.5 Å². The molecule has 7 heteroatoms. The Balaban J connectivity index is 2.75. The molecule has 0 fully saturated rings. The fourth-order valence-corrected chi connectivity index (χ4v) is 1.43. The van der Waals surface area contributed by atoms with E-state index in [0.29, 0.717) is 5.56 Å². The molecular formula is C12H10N4O3. The molecular weight excluding hydrogens is 248 g/mol. The van der Waals surface area contributed by atoms with Crippen LogP contribution in [0.1, 0.15) is 10.4 Å². The van der Waals surface area contributed by atoms with Crippen LogP contribution in [0.5, 0.6) is 0 Å². The maximum atomic E-state index is 11.9. The highest BCUT2D eigenvalue weighted by atomic mass is 16.6. The second-order valence-electron chi connectivity index (χ2n) is 3.69. The van der Waals surface area contributed by atoms with Gasteiger partial charge in [-0.05, 0) is 12.1 Å². The van der Waals surface area contributed by atoms with Crippen LogP contribution in [-0.4, -0.2) is 35.2 Å². The fourth-order valence-electron chi connectivity index (χ4n) is 1.43. The Hall–Kier alpha value is -2.77. The predicted molar refractivity (Wildman–Crippen MR) is 65.1 cm³/mol. The lowest BCUT2D eigenvalue weighted by Crippen LogP contribution is -2.30. The van der Waals surface area contributed by atoms with Crippen molar-refractivity contribution in [2.24, 2.45) is 0 Å². The molecule has 0 amide bonds. The summed E-state index contributed by atoms with van der Waals surface area (Å²) in [6, 6.07) is 8.94. The Labute approximate surface area is 109 Å². The third kappa shape index (κ3) is 4.19. The number of Topliss-reactive ketones (excluding diaryl/α,β-unsaturated/α-hetero) is 1. The van der Waals surface area contributed by atoms with Gasteiger partial charge >= 0.3 is 0 Å². The van der Waals surface area contributed by atoms with Gasteiger partial charge in [0.1, 0.15) is 0 Å². The zero-order chi connectivity index (χ0) is 14.3. The number of non-ortho nitro benzene ring substituents is 1. The lowest BCUT2D eigenvalue weighted by molar-refractivity contribution is -0.384. The number of benzene rings is 1. The monoisotopic (exact) mass is 258 g/mol. The van der Waals surface area contributed by atoms with Gasteiger partial charge in [-0.1, -0.05) is 0 Å². The van der Waals surface area contributed by atoms with Gasteiger partial charge in [0.05, 0.1) is 36.7 Å². The summed E-state index contributed by atoms with van der Waals surface area (Å²) in [5.41, 5.74) is 0.217. The normalized spacial score (nSPS) is 9.63. The van der Waals surface area contributed by atoms with Crippen LogP contribution in [0.15, 0.2) is 24.3 Å². The Bertz CT molecular complexity index is 538. The number of hydrogen-bond donors (Lipinski definition) is 0. The van der Waals surface area contributed by atoms with Gasteiger partial charge in [0.2, 0.25) is 0 Å². The number of nitrogens with zero attached hydrogens (tertiary/aromatic N) is 4. The molecule has 96 valence electrons. The van der Waals surface area contributed by atoms with E-state index in [1.165, 1.54) is 29.2 Å². The summed E-state index contributed by atoms with van der Waals surface area (Å²) in [7, 11) is 0. The molecule has 0 radical (unpaired) electrons. The van der Waals surface area contributed by atoms with Crippen LogP contribution in [0.25, 0.3) is 0 Å². The zero-order valence-electron chi connectivity index (χ0n) is 9.94. The minimum atomic E-state index is -0.550. The predicted octanol–water partition coefficient (Wildman–Crippen LogP) is 1.13. The molecule has 1 aromatic rings. The van der Waals surface area contributed by atoms with Crippen LogP contribution >= 0.6 is 0 Å². The number of nitro groups is 1. The van der Waals surface area contributed by atoms with Crippen LogP contribution in [0.2, 0.25) is 0 Å². The average molecular weight is 258 g/mol. The highest BCUT2D eigenvalue weighted by Gasteiger charge is 2.13. The molecule has 0 heterocycles. The number of nitro benzene ring substituents is 1. The van der Waals surface area contributed by atoms with E-state index in [-0.39, 0.29) is 31.1 Å². The van der Waals surface area contributed by atoms with Crippen molar-refractivity contribution in [3.05, 3.63) is 39.9 Å². The fraction of sp³-hybridized carbons (Fsp3) is 0.250. The topological polar surface area (TPSA) is 111 Å². The van der Waals surface area contributed by atoms with Crippen LogP contribution in [0, 0.1) is 32.8 Å². The van der Waals surface area contributed by atoms with Gasteiger partial charge < -0.3 is 0 Å². The molecule has 0 saturated carbocycles. The van der Waals surface area contributed by atoms with Crippen molar-refractivity contribution in [1.82, 2.24) is 4.90 Å². The first-order valence-corrected chi connectivity index (χ1v) is 5.32. The second-order valence-corrected chi connectivity index (χ2v) is 3.69. The zero-order valence-corrected chi connectivity index (χ0v) is 9.94. The van der Waals surface area contributed by atoms with Crippen LogP contribution in [0.3, 0.4) is 0 Å². The Morgan fingerprint density at radius 2 is 1.74 bits per heavy atom. The quantitative estimate of drug-likeness (QED) is 0.327. The summed E-state index contributed by atoms with van der Waals surface area (Å²) in [4.78, 5) is 23.2. The van der Waals surface area contributed by atoms with E-state index >= 15 is 0 Å². The molecule has 0 atom stereocenters. The third-order valence-electron chi connectivity index (χ3n) is 2.36. The first kappa shape index (κ1) is 14.3. The van der Waals surface area contributed by atoms with Gasteiger partial charge in [0.15, 0.2) is 5.78 Å². The standard InChI is InChI=1S/C12H10N4O3/c13-5-7-15(8-6-14)9-12(17)10-1-3-11(4-2-10)16(18)19/h1-4H,7-9H2. The van der Waals surface area contributed by atoms with Crippen molar-refractivity contribution >= 4 is 11.5 Å². The molecule has 0 N–H and O–H groups in total. The van der Waals surface area contributed by atoms with Crippen LogP contribution in [0.4, 0.5) is 5.69 Å². The molecule has 0 unspecified atom stereocenters. The van der Waals surface area contributed by atoms with Crippen molar-refractivity contribution in [1.29, 1.82) is 10.5 Å². The van der Waals surface area contributed by atoms with Gasteiger partial charge in [-0.25, -0.2) is 0 Å². The molecule has 19 heavy (non-hydrogen) atoms. The molecule has 0 saturated heterocycles. The Morgan fingerprint density at radius 3 is 2.16 bits per heavy atom. The molecule has 7 nitrogen and oxygen atoms in total. The first-order valence-electron chi connectivity index (χ1n) is 5.32. The lowest BCUT2D eigenvalue weighted by Gasteiger charge is -2.13. The molecule has 1 rings (SSSR count). The van der Waals surface area contributed by atoms with E-state index in [0.717, 1.165) is 0 Å². The molecule has 0 aliphatic rings. The van der Waals surface area contributed by atoms with Crippen molar-refractivity contribution in [2.75, 3.05) is 19.6 Å². The summed E-state index contributed by atoms with van der Waals surface area (Å²) in [5.74, 6) is -0.291. The largest absolute Gasteiger partial charge is 0.293 e. The molecule has 0 aliphatic carbocycles. The van der Waals surface area contributed by atoms with Crippen LogP contribution < -0.4 is 0 Å². The van der Waals surface area contributed by atoms with E-state index in [4.69, 9.17) is 10.5 Å². The average Bonchev–Trinajstić information content (AvgIpc) is 2.39. The maximum Gasteiger partial charge on any atom is 0.269 e. The van der Waals surface area contributed by atoms with Crippen molar-refractivity contribution in [3.63, 3.8) is 0 Å². The van der Waals surface area contributed by atoms with E-state index in [9.17, 15) is 14.9 Å². The number of ketones is 1. The number of nitriles is 2. The number of carbonyl (C=O) groups excluding carboxylic acids is 1. The first-order chi connectivity index (χ1) is 9.08. The molecule has 0 spiro atoms. The summed E-state index contributed by atoms with van der Waals surface area (Å²) in [6.07, 6.45) is 0. The van der Waals surface area contributed by atoms with Gasteiger partial charge in [0.25, 0.3) is 5.69 Å². The van der Waals surface area contributed by atoms with Crippen molar-refractivity contribution in [2.45, 2.75) is 0 Å². The number of carbonyl (C=O) groups is 1. The molecule has 0 aromatic heterocycles. The van der Waals surface area contributed by atoms with E-state index in [1.807, 2.05) is 12.1 Å². The Morgan fingerprint density at radius 1 is 1.21 bits per heavy atom. The van der Waals surface area contributed by atoms with Crippen molar-refractivity contribution in [3.8, 4) is 12.1 Å². The summed E-state index contributed by atoms with van der Waals surface area (Å²) in [6.45, 7) is -0.114. The van der Waals surface area contributed by atoms with E-state index in [1.54, 1.807) is 0 Å². The maximum absolute atomic E-state index is 11.9. The molecule has 0 bridgehead atoms. The summed E-state index contributed by atoms with van der Waals surface area (Å²) >= 11 is 0. The SMILES string of the molecule is N#CCN(CC#N)CC(=O)c1ccc([N+](=O)[O-])cc1. The van der Waals surface area contributed by atoms with E-state index in [2.05, 4.69) is 0 Å². The minimum Gasteiger partial charge on any atom is -0.293 e. The van der Waals surface area contributed by atoms with Crippen LogP contribution in [-0.2, 0) is 0 Å². The highest BCUT2D eigenvalue weighted by Crippen LogP contribution is 2.12. The highest BCUT2D eigenvalue weighted by molar-refractivity contribution is 5.97. The van der Waals surface area contributed by atoms with E-state index < -0.39 is 4.92 Å². The van der Waals surface area contributed by atoms with Crippen molar-refractivity contribution < 1.29 is 9.72 Å². The number of rotatable bonds is 6. The van der Waals surface area contributed by atoms with Gasteiger partial charge in [-0.3, -0.25) is 19.8 Å². The Kier molecular flexibility index (Phi) is 5.15. The smallest absolute Gasteiger partial charge is 0.269 e. The number of hydrogen-bond acceptors (Lipinski definition) is 6. The molecule has 0 aliphatic heterocycles. The lowest BCUT2D eigenvalue weighted by atomic mass is 10.1. The third-order valence-corrected chi connectivity index (χ3v) is 2.36. The second kappa shape index (κ2) is 6.84. The van der Waals surface area contributed by atoms with Gasteiger partial charge in [-0.15, -0.1) is 0 Å². The summed E-state index contributed by atoms with van der Waals surface area (Å²) < 4.78 is 0. The minimum absolute atomic E-state index is 0.0215. The summed E-state index contributed by atoms with van der Waals surface area (Å²) in [5, 5.41) is 27.6. The van der Waals surface area contributed by atoms with Gasteiger partial charge in [0, 0.05) is 17.7 Å². The molecule has 1 aromatic carbocycles.